The molecule has 1 unspecified atom stereocenters. The second-order valence-electron chi connectivity index (χ2n) is 3.04. The predicted molar refractivity (Wildman–Crippen MR) is 54.8 cm³/mol. The van der Waals surface area contributed by atoms with Gasteiger partial charge in [0.05, 0.1) is 19.8 Å². The third kappa shape index (κ3) is 2.58. The number of carbonyl (C=O) groups is 2. The largest absolute Gasteiger partial charge is 0.467 e. The molecule has 0 radical (unpaired) electrons. The minimum atomic E-state index is -1.39. The van der Waals surface area contributed by atoms with Gasteiger partial charge in [0.25, 0.3) is 0 Å². The van der Waals surface area contributed by atoms with Crippen LogP contribution < -0.4 is 0 Å². The standard InChI is InChI=1S/C11H12O5/c1-15-10(13)8-5-3-4-7(6-8)9(12)11(14)16-2/h3-6,9,12H,1-2H3. The van der Waals surface area contributed by atoms with E-state index in [0.717, 1.165) is 0 Å². The van der Waals surface area contributed by atoms with Gasteiger partial charge < -0.3 is 14.6 Å². The van der Waals surface area contributed by atoms with Gasteiger partial charge >= 0.3 is 11.9 Å². The minimum absolute atomic E-state index is 0.267. The van der Waals surface area contributed by atoms with Gasteiger partial charge in [-0.15, -0.1) is 0 Å². The first-order valence-electron chi connectivity index (χ1n) is 4.54. The Morgan fingerprint density at radius 2 is 1.94 bits per heavy atom. The molecule has 5 heteroatoms. The van der Waals surface area contributed by atoms with Crippen LogP contribution in [-0.2, 0) is 14.3 Å². The molecule has 0 aliphatic rings. The van der Waals surface area contributed by atoms with Crippen molar-refractivity contribution in [2.75, 3.05) is 14.2 Å². The normalized spacial score (nSPS) is 11.7. The van der Waals surface area contributed by atoms with Crippen molar-refractivity contribution >= 4 is 11.9 Å². The van der Waals surface area contributed by atoms with Crippen LogP contribution in [0.25, 0.3) is 0 Å². The molecule has 1 rings (SSSR count). The Morgan fingerprint density at radius 1 is 1.25 bits per heavy atom. The van der Waals surface area contributed by atoms with Crippen molar-refractivity contribution < 1.29 is 24.2 Å². The summed E-state index contributed by atoms with van der Waals surface area (Å²) < 4.78 is 8.91. The molecule has 0 bridgehead atoms. The zero-order valence-corrected chi connectivity index (χ0v) is 8.97. The van der Waals surface area contributed by atoms with E-state index >= 15 is 0 Å². The average Bonchev–Trinajstić information content (AvgIpc) is 2.36. The van der Waals surface area contributed by atoms with Crippen LogP contribution in [0.4, 0.5) is 0 Å². The van der Waals surface area contributed by atoms with Crippen LogP contribution in [0.3, 0.4) is 0 Å². The van der Waals surface area contributed by atoms with Gasteiger partial charge in [-0.25, -0.2) is 9.59 Å². The second kappa shape index (κ2) is 5.27. The fourth-order valence-electron chi connectivity index (χ4n) is 1.20. The third-order valence-electron chi connectivity index (χ3n) is 2.05. The second-order valence-corrected chi connectivity index (χ2v) is 3.04. The monoisotopic (exact) mass is 224 g/mol. The summed E-state index contributed by atoms with van der Waals surface area (Å²) in [4.78, 5) is 22.3. The molecule has 0 fully saturated rings. The highest BCUT2D eigenvalue weighted by molar-refractivity contribution is 5.90. The van der Waals surface area contributed by atoms with E-state index in [0.29, 0.717) is 0 Å². The Morgan fingerprint density at radius 3 is 2.50 bits per heavy atom. The van der Waals surface area contributed by atoms with Gasteiger partial charge in [0.1, 0.15) is 0 Å². The Labute approximate surface area is 92.6 Å². The minimum Gasteiger partial charge on any atom is -0.467 e. The van der Waals surface area contributed by atoms with Crippen LogP contribution in [0.5, 0.6) is 0 Å². The Bertz CT molecular complexity index is 399. The Balaban J connectivity index is 2.98. The summed E-state index contributed by atoms with van der Waals surface area (Å²) in [5.41, 5.74) is 0.553. The fraction of sp³-hybridized carbons (Fsp3) is 0.273. The first kappa shape index (κ1) is 12.2. The maximum Gasteiger partial charge on any atom is 0.339 e. The van der Waals surface area contributed by atoms with Crippen LogP contribution in [0.2, 0.25) is 0 Å². The third-order valence-corrected chi connectivity index (χ3v) is 2.05. The molecule has 0 saturated carbocycles. The lowest BCUT2D eigenvalue weighted by Crippen LogP contribution is -2.14. The van der Waals surface area contributed by atoms with Crippen LogP contribution in [0, 0.1) is 0 Å². The lowest BCUT2D eigenvalue weighted by molar-refractivity contribution is -0.150. The summed E-state index contributed by atoms with van der Waals surface area (Å²) in [6, 6.07) is 5.98. The van der Waals surface area contributed by atoms with Crippen LogP contribution >= 0.6 is 0 Å². The topological polar surface area (TPSA) is 72.8 Å². The van der Waals surface area contributed by atoms with E-state index < -0.39 is 18.0 Å². The SMILES string of the molecule is COC(=O)c1cccc(C(O)C(=O)OC)c1. The molecule has 0 heterocycles. The highest BCUT2D eigenvalue weighted by atomic mass is 16.5. The number of ether oxygens (including phenoxy) is 2. The van der Waals surface area contributed by atoms with Crippen LogP contribution in [0.15, 0.2) is 24.3 Å². The zero-order chi connectivity index (χ0) is 12.1. The van der Waals surface area contributed by atoms with E-state index in [1.165, 1.54) is 32.4 Å². The fourth-order valence-corrected chi connectivity index (χ4v) is 1.20. The maximum absolute atomic E-state index is 11.2. The van der Waals surface area contributed by atoms with Crippen LogP contribution in [-0.4, -0.2) is 31.3 Å². The van der Waals surface area contributed by atoms with Crippen molar-refractivity contribution in [2.24, 2.45) is 0 Å². The molecule has 0 aliphatic heterocycles. The summed E-state index contributed by atoms with van der Waals surface area (Å²) in [5.74, 6) is -1.30. The molecule has 1 N–H and O–H groups in total. The molecule has 0 amide bonds. The highest BCUT2D eigenvalue weighted by Gasteiger charge is 2.19. The van der Waals surface area contributed by atoms with Gasteiger partial charge in [0.2, 0.25) is 0 Å². The van der Waals surface area contributed by atoms with Crippen molar-refractivity contribution in [1.29, 1.82) is 0 Å². The average molecular weight is 224 g/mol. The van der Waals surface area contributed by atoms with E-state index in [-0.39, 0.29) is 11.1 Å². The number of methoxy groups -OCH3 is 2. The molecular weight excluding hydrogens is 212 g/mol. The van der Waals surface area contributed by atoms with Crippen molar-refractivity contribution in [3.63, 3.8) is 0 Å². The number of hydrogen-bond acceptors (Lipinski definition) is 5. The highest BCUT2D eigenvalue weighted by Crippen LogP contribution is 2.16. The first-order chi connectivity index (χ1) is 7.60. The molecule has 16 heavy (non-hydrogen) atoms. The van der Waals surface area contributed by atoms with Crippen molar-refractivity contribution in [3.05, 3.63) is 35.4 Å². The number of benzene rings is 1. The lowest BCUT2D eigenvalue weighted by Gasteiger charge is -2.09. The maximum atomic E-state index is 11.2. The quantitative estimate of drug-likeness (QED) is 0.764. The molecule has 1 aromatic carbocycles. The summed E-state index contributed by atoms with van der Waals surface area (Å²) in [7, 11) is 2.43. The van der Waals surface area contributed by atoms with Crippen LogP contribution in [0.1, 0.15) is 22.0 Å². The summed E-state index contributed by atoms with van der Waals surface area (Å²) in [6.45, 7) is 0. The molecule has 0 aromatic heterocycles. The van der Waals surface area contributed by atoms with E-state index in [1.807, 2.05) is 0 Å². The zero-order valence-electron chi connectivity index (χ0n) is 8.97. The van der Waals surface area contributed by atoms with Crippen molar-refractivity contribution in [3.8, 4) is 0 Å². The van der Waals surface area contributed by atoms with Gasteiger partial charge in [0, 0.05) is 0 Å². The summed E-state index contributed by atoms with van der Waals surface area (Å²) >= 11 is 0. The number of rotatable bonds is 3. The van der Waals surface area contributed by atoms with E-state index in [9.17, 15) is 14.7 Å². The number of hydrogen-bond donors (Lipinski definition) is 1. The molecule has 86 valence electrons. The van der Waals surface area contributed by atoms with E-state index in [1.54, 1.807) is 6.07 Å². The summed E-state index contributed by atoms with van der Waals surface area (Å²) in [6.07, 6.45) is -1.39. The first-order valence-corrected chi connectivity index (χ1v) is 4.54. The molecule has 1 atom stereocenters. The summed E-state index contributed by atoms with van der Waals surface area (Å²) in [5, 5.41) is 9.54. The van der Waals surface area contributed by atoms with Crippen molar-refractivity contribution in [2.45, 2.75) is 6.10 Å². The Kier molecular flexibility index (Phi) is 4.02. The Hall–Kier alpha value is -1.88. The number of esters is 2. The lowest BCUT2D eigenvalue weighted by atomic mass is 10.1. The predicted octanol–water partition coefficient (Wildman–Crippen LogP) is 0.680. The molecule has 1 aromatic rings. The van der Waals surface area contributed by atoms with E-state index in [2.05, 4.69) is 9.47 Å². The molecule has 0 saturated heterocycles. The number of aliphatic hydroxyl groups is 1. The van der Waals surface area contributed by atoms with Gasteiger partial charge in [-0.3, -0.25) is 0 Å². The van der Waals surface area contributed by atoms with Gasteiger partial charge in [-0.2, -0.15) is 0 Å². The smallest absolute Gasteiger partial charge is 0.339 e. The van der Waals surface area contributed by atoms with Gasteiger partial charge in [-0.05, 0) is 17.7 Å². The molecule has 5 nitrogen and oxygen atoms in total. The molecule has 0 aliphatic carbocycles. The van der Waals surface area contributed by atoms with Gasteiger partial charge in [0.15, 0.2) is 6.10 Å². The van der Waals surface area contributed by atoms with Crippen molar-refractivity contribution in [1.82, 2.24) is 0 Å². The number of carbonyl (C=O) groups excluding carboxylic acids is 2. The van der Waals surface area contributed by atoms with Gasteiger partial charge in [-0.1, -0.05) is 12.1 Å². The van der Waals surface area contributed by atoms with E-state index in [4.69, 9.17) is 0 Å². The number of aliphatic hydroxyl groups excluding tert-OH is 1. The molecular formula is C11H12O5. The molecule has 0 spiro atoms.